The molecule has 0 aliphatic carbocycles. The average Bonchev–Trinajstić information content (AvgIpc) is 2.35. The lowest BCUT2D eigenvalue weighted by atomic mass is 9.96. The predicted molar refractivity (Wildman–Crippen MR) is 64.1 cm³/mol. The van der Waals surface area contributed by atoms with Gasteiger partial charge in [0.25, 0.3) is 0 Å². The van der Waals surface area contributed by atoms with Gasteiger partial charge in [0, 0.05) is 4.91 Å². The summed E-state index contributed by atoms with van der Waals surface area (Å²) < 4.78 is 0. The zero-order valence-corrected chi connectivity index (χ0v) is 9.67. The molecule has 4 nitrogen and oxygen atoms in total. The third-order valence-electron chi connectivity index (χ3n) is 2.82. The lowest BCUT2D eigenvalue weighted by molar-refractivity contribution is 0.187. The highest BCUT2D eigenvalue weighted by atomic mass is 16.3. The van der Waals surface area contributed by atoms with Gasteiger partial charge in [0.2, 0.25) is 0 Å². The zero-order valence-electron chi connectivity index (χ0n) is 9.67. The maximum Gasteiger partial charge on any atom is 0.0846 e. The summed E-state index contributed by atoms with van der Waals surface area (Å²) in [5.41, 5.74) is 10.2. The number of aliphatic hydroxyl groups excluding tert-OH is 1. The molecular formula is C12H17N3O. The van der Waals surface area contributed by atoms with Gasteiger partial charge in [-0.2, -0.15) is 0 Å². The zero-order chi connectivity index (χ0) is 12.0. The van der Waals surface area contributed by atoms with Gasteiger partial charge >= 0.3 is 0 Å². The van der Waals surface area contributed by atoms with E-state index < -0.39 is 6.10 Å². The molecule has 0 amide bonds. The lowest BCUT2D eigenvalue weighted by Gasteiger charge is -2.12. The van der Waals surface area contributed by atoms with Crippen LogP contribution in [0.5, 0.6) is 0 Å². The van der Waals surface area contributed by atoms with Crippen molar-refractivity contribution < 1.29 is 5.11 Å². The quantitative estimate of drug-likeness (QED) is 0.459. The van der Waals surface area contributed by atoms with Crippen molar-refractivity contribution in [2.45, 2.75) is 32.3 Å². The van der Waals surface area contributed by atoms with Crippen molar-refractivity contribution in [1.29, 1.82) is 0 Å². The number of hydrogen-bond donors (Lipinski definition) is 1. The van der Waals surface area contributed by atoms with Crippen molar-refractivity contribution in [3.05, 3.63) is 45.8 Å². The molecule has 4 heteroatoms. The highest BCUT2D eigenvalue weighted by molar-refractivity contribution is 5.26. The molecule has 0 bridgehead atoms. The van der Waals surface area contributed by atoms with E-state index in [-0.39, 0.29) is 6.54 Å². The fourth-order valence-electron chi connectivity index (χ4n) is 1.50. The monoisotopic (exact) mass is 219 g/mol. The molecule has 0 aliphatic rings. The molecular weight excluding hydrogens is 202 g/mol. The molecule has 0 aliphatic heterocycles. The number of nitrogens with zero attached hydrogens (tertiary/aromatic N) is 3. The third-order valence-corrected chi connectivity index (χ3v) is 2.82. The van der Waals surface area contributed by atoms with Crippen LogP contribution in [0.2, 0.25) is 0 Å². The first kappa shape index (κ1) is 12.6. The largest absolute Gasteiger partial charge is 0.388 e. The Morgan fingerprint density at radius 2 is 1.88 bits per heavy atom. The van der Waals surface area contributed by atoms with E-state index in [4.69, 9.17) is 5.53 Å². The van der Waals surface area contributed by atoms with Crippen molar-refractivity contribution in [1.82, 2.24) is 0 Å². The van der Waals surface area contributed by atoms with Crippen LogP contribution in [0.4, 0.5) is 0 Å². The molecule has 0 fully saturated rings. The predicted octanol–water partition coefficient (Wildman–Crippen LogP) is 3.54. The minimum atomic E-state index is -0.707. The molecule has 0 aromatic heterocycles. The van der Waals surface area contributed by atoms with Crippen molar-refractivity contribution >= 4 is 0 Å². The Labute approximate surface area is 95.5 Å². The Morgan fingerprint density at radius 3 is 2.38 bits per heavy atom. The summed E-state index contributed by atoms with van der Waals surface area (Å²) >= 11 is 0. The Morgan fingerprint density at radius 1 is 1.31 bits per heavy atom. The highest BCUT2D eigenvalue weighted by Crippen LogP contribution is 2.21. The molecule has 0 saturated carbocycles. The summed E-state index contributed by atoms with van der Waals surface area (Å²) in [6.45, 7) is 4.40. The fourth-order valence-corrected chi connectivity index (χ4v) is 1.50. The Kier molecular flexibility index (Phi) is 4.83. The van der Waals surface area contributed by atoms with Gasteiger partial charge in [0.15, 0.2) is 0 Å². The molecule has 16 heavy (non-hydrogen) atoms. The van der Waals surface area contributed by atoms with E-state index in [1.807, 2.05) is 24.3 Å². The molecule has 0 saturated heterocycles. The first-order valence-electron chi connectivity index (χ1n) is 5.47. The summed E-state index contributed by atoms with van der Waals surface area (Å²) in [6.07, 6.45) is 0.391. The molecule has 1 aromatic carbocycles. The molecule has 86 valence electrons. The molecule has 1 rings (SSSR count). The summed E-state index contributed by atoms with van der Waals surface area (Å²) in [7, 11) is 0. The molecule has 0 spiro atoms. The minimum Gasteiger partial charge on any atom is -0.388 e. The number of rotatable bonds is 5. The van der Waals surface area contributed by atoms with Gasteiger partial charge in [0.1, 0.15) is 0 Å². The van der Waals surface area contributed by atoms with E-state index in [1.165, 1.54) is 5.56 Å². The van der Waals surface area contributed by atoms with Crippen LogP contribution in [0.15, 0.2) is 29.4 Å². The highest BCUT2D eigenvalue weighted by Gasteiger charge is 2.07. The maximum absolute atomic E-state index is 9.67. The van der Waals surface area contributed by atoms with Crippen molar-refractivity contribution in [3.63, 3.8) is 0 Å². The maximum atomic E-state index is 9.67. The van der Waals surface area contributed by atoms with Crippen LogP contribution in [0.25, 0.3) is 10.4 Å². The van der Waals surface area contributed by atoms with Gasteiger partial charge < -0.3 is 5.11 Å². The number of azide groups is 1. The topological polar surface area (TPSA) is 69.0 Å². The summed E-state index contributed by atoms with van der Waals surface area (Å²) in [4.78, 5) is 2.63. The molecule has 2 atom stereocenters. The van der Waals surface area contributed by atoms with Crippen LogP contribution in [0, 0.1) is 0 Å². The van der Waals surface area contributed by atoms with Gasteiger partial charge in [-0.3, -0.25) is 0 Å². The van der Waals surface area contributed by atoms with E-state index in [0.717, 1.165) is 12.0 Å². The second kappa shape index (κ2) is 6.16. The minimum absolute atomic E-state index is 0.0825. The fraction of sp³-hybridized carbons (Fsp3) is 0.500. The second-order valence-corrected chi connectivity index (χ2v) is 3.91. The van der Waals surface area contributed by atoms with Crippen LogP contribution >= 0.6 is 0 Å². The van der Waals surface area contributed by atoms with Crippen molar-refractivity contribution in [2.75, 3.05) is 6.54 Å². The second-order valence-electron chi connectivity index (χ2n) is 3.91. The van der Waals surface area contributed by atoms with Gasteiger partial charge in [-0.05, 0) is 29.0 Å². The van der Waals surface area contributed by atoms with Gasteiger partial charge in [-0.1, -0.05) is 43.2 Å². The average molecular weight is 219 g/mol. The first-order chi connectivity index (χ1) is 7.69. The van der Waals surface area contributed by atoms with Gasteiger partial charge in [0.05, 0.1) is 12.6 Å². The smallest absolute Gasteiger partial charge is 0.0846 e. The third kappa shape index (κ3) is 3.26. The van der Waals surface area contributed by atoms with Crippen molar-refractivity contribution in [2.24, 2.45) is 5.11 Å². The van der Waals surface area contributed by atoms with Gasteiger partial charge in [-0.15, -0.1) is 0 Å². The van der Waals surface area contributed by atoms with E-state index >= 15 is 0 Å². The Bertz CT molecular complexity index is 368. The van der Waals surface area contributed by atoms with Crippen LogP contribution in [0.1, 0.15) is 43.4 Å². The van der Waals surface area contributed by atoms with Crippen LogP contribution in [-0.4, -0.2) is 11.7 Å². The number of aliphatic hydroxyl groups is 1. The molecule has 2 unspecified atom stereocenters. The van der Waals surface area contributed by atoms with E-state index in [2.05, 4.69) is 23.9 Å². The summed E-state index contributed by atoms with van der Waals surface area (Å²) in [5.74, 6) is 0.531. The summed E-state index contributed by atoms with van der Waals surface area (Å²) in [6, 6.07) is 7.81. The van der Waals surface area contributed by atoms with Crippen molar-refractivity contribution in [3.8, 4) is 0 Å². The molecule has 1 N–H and O–H groups in total. The number of benzene rings is 1. The van der Waals surface area contributed by atoms with E-state index in [1.54, 1.807) is 0 Å². The van der Waals surface area contributed by atoms with E-state index in [0.29, 0.717) is 5.92 Å². The normalized spacial score (nSPS) is 13.9. The SMILES string of the molecule is CCC(C)c1ccc(C(O)CN=[N+]=[N-])cc1. The summed E-state index contributed by atoms with van der Waals surface area (Å²) in [5, 5.41) is 13.0. The van der Waals surface area contributed by atoms with E-state index in [9.17, 15) is 5.11 Å². The number of hydrogen-bond acceptors (Lipinski definition) is 2. The lowest BCUT2D eigenvalue weighted by Crippen LogP contribution is -2.01. The van der Waals surface area contributed by atoms with Crippen LogP contribution in [0.3, 0.4) is 0 Å². The van der Waals surface area contributed by atoms with Gasteiger partial charge in [-0.25, -0.2) is 0 Å². The Hall–Kier alpha value is -1.51. The molecule has 0 radical (unpaired) electrons. The Balaban J connectivity index is 2.74. The first-order valence-corrected chi connectivity index (χ1v) is 5.47. The molecule has 1 aromatic rings. The standard InChI is InChI=1S/C12H17N3O/c1-3-9(2)10-4-6-11(7-5-10)12(16)8-14-15-13/h4-7,9,12,16H,3,8H2,1-2H3. The molecule has 0 heterocycles. The van der Waals surface area contributed by atoms with Crippen LogP contribution < -0.4 is 0 Å². The van der Waals surface area contributed by atoms with Crippen LogP contribution in [-0.2, 0) is 0 Å².